The van der Waals surface area contributed by atoms with Gasteiger partial charge in [-0.25, -0.2) is 0 Å². The number of carbonyl (C=O) groups excluding carboxylic acids is 2. The zero-order chi connectivity index (χ0) is 17.7. The van der Waals surface area contributed by atoms with Crippen molar-refractivity contribution in [2.45, 2.75) is 26.8 Å². The number of amides is 2. The van der Waals surface area contributed by atoms with Gasteiger partial charge >= 0.3 is 0 Å². The van der Waals surface area contributed by atoms with E-state index in [2.05, 4.69) is 33.2 Å². The van der Waals surface area contributed by atoms with Gasteiger partial charge in [-0.3, -0.25) is 9.59 Å². The van der Waals surface area contributed by atoms with E-state index in [1.807, 2.05) is 45.0 Å². The molecule has 0 aliphatic heterocycles. The van der Waals surface area contributed by atoms with Crippen LogP contribution in [0.3, 0.4) is 0 Å². The molecular weight excluding hydrogens is 415 g/mol. The minimum absolute atomic E-state index is 0.0261. The van der Waals surface area contributed by atoms with Gasteiger partial charge in [0.15, 0.2) is 0 Å². The van der Waals surface area contributed by atoms with Gasteiger partial charge in [0.05, 0.1) is 0 Å². The first-order valence-corrected chi connectivity index (χ1v) is 8.89. The Hall–Kier alpha value is -1.89. The molecular formula is C19H21IN2O2. The number of nitrogens with one attached hydrogen (secondary N) is 2. The summed E-state index contributed by atoms with van der Waals surface area (Å²) in [6, 6.07) is 14.1. The second-order valence-electron chi connectivity index (χ2n) is 6.01. The molecule has 4 nitrogen and oxygen atoms in total. The van der Waals surface area contributed by atoms with E-state index in [9.17, 15) is 9.59 Å². The number of anilines is 1. The zero-order valence-electron chi connectivity index (χ0n) is 14.0. The number of rotatable bonds is 5. The van der Waals surface area contributed by atoms with Crippen molar-refractivity contribution in [3.05, 3.63) is 63.2 Å². The first-order chi connectivity index (χ1) is 11.4. The smallest absolute Gasteiger partial charge is 0.251 e. The highest BCUT2D eigenvalue weighted by Gasteiger charge is 2.25. The SMILES string of the molecule is Cc1cc(I)ccc1NC(=O)C(NC(=O)c1ccccc1)C(C)C. The van der Waals surface area contributed by atoms with Crippen LogP contribution in [0.5, 0.6) is 0 Å². The van der Waals surface area contributed by atoms with Crippen LogP contribution in [-0.4, -0.2) is 17.9 Å². The van der Waals surface area contributed by atoms with Crippen LogP contribution < -0.4 is 10.6 Å². The van der Waals surface area contributed by atoms with Crippen molar-refractivity contribution in [3.63, 3.8) is 0 Å². The van der Waals surface area contributed by atoms with Gasteiger partial charge in [0.25, 0.3) is 5.91 Å². The van der Waals surface area contributed by atoms with Crippen molar-refractivity contribution in [2.75, 3.05) is 5.32 Å². The van der Waals surface area contributed by atoms with Crippen molar-refractivity contribution >= 4 is 40.1 Å². The average Bonchev–Trinajstić information content (AvgIpc) is 2.55. The van der Waals surface area contributed by atoms with Crippen LogP contribution >= 0.6 is 22.6 Å². The maximum Gasteiger partial charge on any atom is 0.251 e. The number of halogens is 1. The molecule has 0 bridgehead atoms. The maximum absolute atomic E-state index is 12.6. The fourth-order valence-corrected chi connectivity index (χ4v) is 2.97. The molecule has 2 N–H and O–H groups in total. The highest BCUT2D eigenvalue weighted by atomic mass is 127. The van der Waals surface area contributed by atoms with E-state index in [4.69, 9.17) is 0 Å². The standard InChI is InChI=1S/C19H21IN2O2/c1-12(2)17(22-18(23)14-7-5-4-6-8-14)19(24)21-16-10-9-15(20)11-13(16)3/h4-12,17H,1-3H3,(H,21,24)(H,22,23). The third-order valence-corrected chi connectivity index (χ3v) is 4.39. The maximum atomic E-state index is 12.6. The predicted molar refractivity (Wildman–Crippen MR) is 105 cm³/mol. The summed E-state index contributed by atoms with van der Waals surface area (Å²) >= 11 is 2.23. The Balaban J connectivity index is 2.12. The van der Waals surface area contributed by atoms with Crippen molar-refractivity contribution in [1.29, 1.82) is 0 Å². The molecule has 5 heteroatoms. The Kier molecular flexibility index (Phi) is 6.36. The summed E-state index contributed by atoms with van der Waals surface area (Å²) in [5.74, 6) is -0.482. The van der Waals surface area contributed by atoms with Crippen LogP contribution in [-0.2, 0) is 4.79 Å². The van der Waals surface area contributed by atoms with Crippen molar-refractivity contribution in [2.24, 2.45) is 5.92 Å². The van der Waals surface area contributed by atoms with E-state index in [0.717, 1.165) is 14.8 Å². The highest BCUT2D eigenvalue weighted by Crippen LogP contribution is 2.18. The molecule has 0 aliphatic carbocycles. The minimum atomic E-state index is -0.601. The molecule has 1 unspecified atom stereocenters. The van der Waals surface area contributed by atoms with Gasteiger partial charge < -0.3 is 10.6 Å². The molecule has 2 aromatic carbocycles. The van der Waals surface area contributed by atoms with Crippen LogP contribution in [0.2, 0.25) is 0 Å². The number of hydrogen-bond acceptors (Lipinski definition) is 2. The van der Waals surface area contributed by atoms with E-state index in [1.165, 1.54) is 0 Å². The van der Waals surface area contributed by atoms with Crippen molar-refractivity contribution in [1.82, 2.24) is 5.32 Å². The lowest BCUT2D eigenvalue weighted by molar-refractivity contribution is -0.118. The Labute approximate surface area is 156 Å². The van der Waals surface area contributed by atoms with Crippen LogP contribution in [0.1, 0.15) is 29.8 Å². The minimum Gasteiger partial charge on any atom is -0.340 e. The summed E-state index contributed by atoms with van der Waals surface area (Å²) in [6.07, 6.45) is 0. The fourth-order valence-electron chi connectivity index (χ4n) is 2.33. The number of benzene rings is 2. The van der Waals surface area contributed by atoms with Crippen molar-refractivity contribution in [3.8, 4) is 0 Å². The highest BCUT2D eigenvalue weighted by molar-refractivity contribution is 14.1. The molecule has 0 aliphatic rings. The van der Waals surface area contributed by atoms with Gasteiger partial charge in [-0.1, -0.05) is 32.0 Å². The number of hydrogen-bond donors (Lipinski definition) is 2. The first-order valence-electron chi connectivity index (χ1n) is 7.81. The molecule has 2 aromatic rings. The van der Waals surface area contributed by atoms with Crippen LogP contribution in [0.25, 0.3) is 0 Å². The van der Waals surface area contributed by atoms with Gasteiger partial charge in [0.1, 0.15) is 6.04 Å². The topological polar surface area (TPSA) is 58.2 Å². The quantitative estimate of drug-likeness (QED) is 0.697. The molecule has 0 fully saturated rings. The van der Waals surface area contributed by atoms with E-state index in [-0.39, 0.29) is 17.7 Å². The molecule has 0 heterocycles. The summed E-state index contributed by atoms with van der Waals surface area (Å²) in [5.41, 5.74) is 2.30. The Bertz CT molecular complexity index is 729. The monoisotopic (exact) mass is 436 g/mol. The van der Waals surface area contributed by atoms with E-state index < -0.39 is 6.04 Å². The molecule has 2 rings (SSSR count). The summed E-state index contributed by atoms with van der Waals surface area (Å²) in [6.45, 7) is 5.78. The summed E-state index contributed by atoms with van der Waals surface area (Å²) in [7, 11) is 0. The summed E-state index contributed by atoms with van der Waals surface area (Å²) in [4.78, 5) is 25.0. The molecule has 1 atom stereocenters. The van der Waals surface area contributed by atoms with Crippen LogP contribution in [0, 0.1) is 16.4 Å². The van der Waals surface area contributed by atoms with Gasteiger partial charge in [-0.15, -0.1) is 0 Å². The molecule has 0 saturated carbocycles. The molecule has 2 amide bonds. The lowest BCUT2D eigenvalue weighted by atomic mass is 10.0. The average molecular weight is 436 g/mol. The number of aryl methyl sites for hydroxylation is 1. The van der Waals surface area contributed by atoms with Crippen LogP contribution in [0.4, 0.5) is 5.69 Å². The van der Waals surface area contributed by atoms with E-state index in [0.29, 0.717) is 5.56 Å². The Morgan fingerprint density at radius 3 is 2.29 bits per heavy atom. The second kappa shape index (κ2) is 8.28. The lowest BCUT2D eigenvalue weighted by Gasteiger charge is -2.22. The largest absolute Gasteiger partial charge is 0.340 e. The fraction of sp³-hybridized carbons (Fsp3) is 0.263. The van der Waals surface area contributed by atoms with Crippen LogP contribution in [0.15, 0.2) is 48.5 Å². The predicted octanol–water partition coefficient (Wildman–Crippen LogP) is 3.99. The zero-order valence-corrected chi connectivity index (χ0v) is 16.1. The van der Waals surface area contributed by atoms with E-state index in [1.54, 1.807) is 24.3 Å². The van der Waals surface area contributed by atoms with Gasteiger partial charge in [-0.2, -0.15) is 0 Å². The number of carbonyl (C=O) groups is 2. The third-order valence-electron chi connectivity index (χ3n) is 3.72. The summed E-state index contributed by atoms with van der Waals surface area (Å²) in [5, 5.41) is 5.75. The lowest BCUT2D eigenvalue weighted by Crippen LogP contribution is -2.47. The summed E-state index contributed by atoms with van der Waals surface area (Å²) < 4.78 is 1.11. The van der Waals surface area contributed by atoms with Gasteiger partial charge in [-0.05, 0) is 71.3 Å². The van der Waals surface area contributed by atoms with E-state index >= 15 is 0 Å². The normalized spacial score (nSPS) is 11.9. The first kappa shape index (κ1) is 18.4. The molecule has 24 heavy (non-hydrogen) atoms. The third kappa shape index (κ3) is 4.80. The molecule has 0 spiro atoms. The molecule has 126 valence electrons. The second-order valence-corrected chi connectivity index (χ2v) is 7.26. The van der Waals surface area contributed by atoms with Gasteiger partial charge in [0.2, 0.25) is 5.91 Å². The Morgan fingerprint density at radius 2 is 1.71 bits per heavy atom. The Morgan fingerprint density at radius 1 is 1.04 bits per heavy atom. The molecule has 0 radical (unpaired) electrons. The van der Waals surface area contributed by atoms with Gasteiger partial charge in [0, 0.05) is 14.8 Å². The molecule has 0 saturated heterocycles. The van der Waals surface area contributed by atoms with Crippen molar-refractivity contribution < 1.29 is 9.59 Å². The molecule has 0 aromatic heterocycles.